The zero-order chi connectivity index (χ0) is 27.6. The number of carbonyl (C=O) groups is 3. The fourth-order valence-electron chi connectivity index (χ4n) is 3.64. The van der Waals surface area contributed by atoms with E-state index in [9.17, 15) is 19.5 Å². The highest BCUT2D eigenvalue weighted by Crippen LogP contribution is 2.23. The van der Waals surface area contributed by atoms with Crippen molar-refractivity contribution in [3.05, 3.63) is 119 Å². The van der Waals surface area contributed by atoms with Crippen molar-refractivity contribution >= 4 is 35.3 Å². The summed E-state index contributed by atoms with van der Waals surface area (Å²) in [5, 5.41) is 15.0. The fourth-order valence-corrected chi connectivity index (χ4v) is 3.87. The van der Waals surface area contributed by atoms with Gasteiger partial charge in [0.1, 0.15) is 23.3 Å². The Morgan fingerprint density at radius 2 is 1.49 bits per heavy atom. The van der Waals surface area contributed by atoms with Gasteiger partial charge in [0.15, 0.2) is 0 Å². The van der Waals surface area contributed by atoms with Gasteiger partial charge in [-0.05, 0) is 66.6 Å². The number of carboxylic acid groups (broad SMARTS) is 1. The van der Waals surface area contributed by atoms with E-state index in [2.05, 4.69) is 10.6 Å². The number of aliphatic carboxylic acids is 1. The number of carbonyl (C=O) groups excluding carboxylic acids is 2. The van der Waals surface area contributed by atoms with Gasteiger partial charge in [0.25, 0.3) is 5.91 Å². The molecule has 9 heteroatoms. The first-order valence-corrected chi connectivity index (χ1v) is 12.4. The second kappa shape index (κ2) is 13.1. The van der Waals surface area contributed by atoms with Crippen LogP contribution in [0.5, 0.6) is 17.2 Å². The molecular weight excluding hydrogens is 520 g/mol. The molecule has 8 nitrogen and oxygen atoms in total. The molecule has 4 rings (SSSR count). The van der Waals surface area contributed by atoms with Crippen molar-refractivity contribution in [3.8, 4) is 17.2 Å². The van der Waals surface area contributed by atoms with Crippen LogP contribution in [0.25, 0.3) is 0 Å². The van der Waals surface area contributed by atoms with Crippen molar-refractivity contribution in [2.75, 3.05) is 5.32 Å². The van der Waals surface area contributed by atoms with Gasteiger partial charge in [-0.3, -0.25) is 10.1 Å². The molecule has 0 bridgehead atoms. The number of anilines is 1. The average molecular weight is 545 g/mol. The van der Waals surface area contributed by atoms with Crippen molar-refractivity contribution in [2.24, 2.45) is 0 Å². The number of allylic oxidation sites excluding steroid dienone is 4. The van der Waals surface area contributed by atoms with Crippen LogP contribution in [0, 0.1) is 0 Å². The Morgan fingerprint density at radius 3 is 2.18 bits per heavy atom. The normalized spacial score (nSPS) is 13.3. The zero-order valence-corrected chi connectivity index (χ0v) is 21.4. The Morgan fingerprint density at radius 1 is 0.846 bits per heavy atom. The number of rotatable bonds is 9. The van der Waals surface area contributed by atoms with Crippen molar-refractivity contribution in [1.82, 2.24) is 5.32 Å². The second-order valence-electron chi connectivity index (χ2n) is 8.47. The molecule has 0 saturated heterocycles. The molecule has 3 aromatic rings. The predicted octanol–water partition coefficient (Wildman–Crippen LogP) is 6.21. The zero-order valence-electron chi connectivity index (χ0n) is 20.7. The lowest BCUT2D eigenvalue weighted by molar-refractivity contribution is -0.141. The van der Waals surface area contributed by atoms with Crippen LogP contribution in [0.3, 0.4) is 0 Å². The molecule has 1 atom stereocenters. The van der Waals surface area contributed by atoms with Crippen LogP contribution in [-0.2, 0) is 16.0 Å². The highest BCUT2D eigenvalue weighted by Gasteiger charge is 2.23. The Balaban J connectivity index is 1.30. The Hall–Kier alpha value is -4.82. The third kappa shape index (κ3) is 8.08. The number of nitrogens with one attached hydrogen (secondary N) is 2. The molecule has 1 unspecified atom stereocenters. The summed E-state index contributed by atoms with van der Waals surface area (Å²) < 4.78 is 11.0. The van der Waals surface area contributed by atoms with Crippen LogP contribution >= 0.6 is 11.6 Å². The molecule has 3 N–H and O–H groups in total. The molecule has 0 spiro atoms. The third-order valence-corrected chi connectivity index (χ3v) is 5.91. The maximum atomic E-state index is 12.6. The summed E-state index contributed by atoms with van der Waals surface area (Å²) in [5.74, 6) is -0.175. The highest BCUT2D eigenvalue weighted by atomic mass is 35.5. The van der Waals surface area contributed by atoms with E-state index in [-0.39, 0.29) is 22.8 Å². The minimum absolute atomic E-state index is 0.0232. The molecule has 0 fully saturated rings. The van der Waals surface area contributed by atoms with Gasteiger partial charge in [0.2, 0.25) is 0 Å². The lowest BCUT2D eigenvalue weighted by atomic mass is 10.0. The number of hydrogen-bond donors (Lipinski definition) is 3. The smallest absolute Gasteiger partial charge is 0.417 e. The SMILES string of the molecule is O=C(Nc1ccc(Oc2ccccc2)cc1)Oc1ccc(CC(NC(=O)C2=C(Cl)C=CCC=C2)C(=O)O)cc1. The number of ether oxygens (including phenoxy) is 2. The fraction of sp³-hybridized carbons (Fsp3) is 0.100. The summed E-state index contributed by atoms with van der Waals surface area (Å²) in [6.07, 6.45) is 6.70. The molecule has 1 aliphatic rings. The Labute approximate surface area is 230 Å². The second-order valence-corrected chi connectivity index (χ2v) is 8.88. The van der Waals surface area contributed by atoms with E-state index in [4.69, 9.17) is 21.1 Å². The number of halogens is 1. The predicted molar refractivity (Wildman–Crippen MR) is 148 cm³/mol. The number of benzene rings is 3. The first-order chi connectivity index (χ1) is 18.9. The standard InChI is InChI=1S/C30H25ClN2O6/c31-26-10-6-2-5-9-25(26)28(34)33-27(29(35)36)19-20-11-15-24(16-12-20)39-30(37)32-21-13-17-23(18-14-21)38-22-7-3-1-4-8-22/h1,3-18,27H,2,19H2,(H,32,37)(H,33,34)(H,35,36). The molecule has 0 heterocycles. The maximum absolute atomic E-state index is 12.6. The van der Waals surface area contributed by atoms with Crippen LogP contribution < -0.4 is 20.1 Å². The summed E-state index contributed by atoms with van der Waals surface area (Å²) in [4.78, 5) is 36.7. The van der Waals surface area contributed by atoms with E-state index >= 15 is 0 Å². The summed E-state index contributed by atoms with van der Waals surface area (Å²) >= 11 is 6.13. The molecule has 0 radical (unpaired) electrons. The van der Waals surface area contributed by atoms with Crippen molar-refractivity contribution in [1.29, 1.82) is 0 Å². The van der Waals surface area contributed by atoms with Crippen LogP contribution in [0.2, 0.25) is 0 Å². The number of carboxylic acids is 1. The largest absolute Gasteiger partial charge is 0.480 e. The van der Waals surface area contributed by atoms with Crippen LogP contribution in [0.15, 0.2) is 114 Å². The van der Waals surface area contributed by atoms with E-state index in [1.165, 1.54) is 0 Å². The summed E-state index contributed by atoms with van der Waals surface area (Å²) in [5.41, 5.74) is 1.34. The van der Waals surface area contributed by atoms with Gasteiger partial charge in [-0.15, -0.1) is 0 Å². The lowest BCUT2D eigenvalue weighted by Gasteiger charge is -2.16. The van der Waals surface area contributed by atoms with Gasteiger partial charge in [-0.1, -0.05) is 60.2 Å². The number of para-hydroxylation sites is 1. The van der Waals surface area contributed by atoms with E-state index in [1.807, 2.05) is 30.3 Å². The van der Waals surface area contributed by atoms with Gasteiger partial charge >= 0.3 is 12.1 Å². The number of amides is 2. The Bertz CT molecular complexity index is 1410. The van der Waals surface area contributed by atoms with Crippen molar-refractivity contribution in [3.63, 3.8) is 0 Å². The summed E-state index contributed by atoms with van der Waals surface area (Å²) in [6, 6.07) is 21.3. The van der Waals surface area contributed by atoms with Gasteiger partial charge in [0.05, 0.1) is 10.6 Å². The van der Waals surface area contributed by atoms with E-state index in [0.29, 0.717) is 29.2 Å². The lowest BCUT2D eigenvalue weighted by Crippen LogP contribution is -2.42. The summed E-state index contributed by atoms with van der Waals surface area (Å²) in [6.45, 7) is 0. The quantitative estimate of drug-likeness (QED) is 0.295. The molecule has 1 aliphatic carbocycles. The van der Waals surface area contributed by atoms with Crippen molar-refractivity contribution < 1.29 is 29.0 Å². The molecule has 2 amide bonds. The van der Waals surface area contributed by atoms with Gasteiger partial charge in [-0.25, -0.2) is 9.59 Å². The molecule has 39 heavy (non-hydrogen) atoms. The van der Waals surface area contributed by atoms with E-state index < -0.39 is 24.0 Å². The van der Waals surface area contributed by atoms with Crippen molar-refractivity contribution in [2.45, 2.75) is 18.9 Å². The molecule has 0 aromatic heterocycles. The number of hydrogen-bond acceptors (Lipinski definition) is 5. The molecular formula is C30H25ClN2O6. The van der Waals surface area contributed by atoms with Crippen LogP contribution in [0.1, 0.15) is 12.0 Å². The maximum Gasteiger partial charge on any atom is 0.417 e. The average Bonchev–Trinajstić information content (AvgIpc) is 3.15. The minimum atomic E-state index is -1.19. The highest BCUT2D eigenvalue weighted by molar-refractivity contribution is 6.34. The summed E-state index contributed by atoms with van der Waals surface area (Å²) in [7, 11) is 0. The molecule has 0 aliphatic heterocycles. The van der Waals surface area contributed by atoms with Gasteiger partial charge in [-0.2, -0.15) is 0 Å². The van der Waals surface area contributed by atoms with E-state index in [1.54, 1.807) is 72.8 Å². The van der Waals surface area contributed by atoms with Crippen LogP contribution in [-0.4, -0.2) is 29.1 Å². The van der Waals surface area contributed by atoms with Gasteiger partial charge in [0, 0.05) is 12.1 Å². The first kappa shape index (κ1) is 27.2. The Kier molecular flexibility index (Phi) is 9.16. The van der Waals surface area contributed by atoms with Crippen LogP contribution in [0.4, 0.5) is 10.5 Å². The molecule has 0 saturated carbocycles. The first-order valence-electron chi connectivity index (χ1n) is 12.0. The van der Waals surface area contributed by atoms with Gasteiger partial charge < -0.3 is 19.9 Å². The molecule has 3 aromatic carbocycles. The monoisotopic (exact) mass is 544 g/mol. The third-order valence-electron chi connectivity index (χ3n) is 5.58. The topological polar surface area (TPSA) is 114 Å². The van der Waals surface area contributed by atoms with E-state index in [0.717, 1.165) is 0 Å². The molecule has 198 valence electrons. The minimum Gasteiger partial charge on any atom is -0.480 e.